The van der Waals surface area contributed by atoms with Gasteiger partial charge in [0.25, 0.3) is 0 Å². The van der Waals surface area contributed by atoms with E-state index >= 15 is 0 Å². The molecule has 19 heavy (non-hydrogen) atoms. The summed E-state index contributed by atoms with van der Waals surface area (Å²) in [6.07, 6.45) is 4.20. The van der Waals surface area contributed by atoms with Crippen molar-refractivity contribution in [2.75, 3.05) is 11.9 Å². The van der Waals surface area contributed by atoms with E-state index in [0.717, 1.165) is 23.3 Å². The molecule has 0 aromatic carbocycles. The maximum Gasteiger partial charge on any atom is 0.181 e. The Morgan fingerprint density at radius 1 is 1.26 bits per heavy atom. The molecule has 2 aromatic heterocycles. The molecular formula is C12H11BrCl2N4. The minimum absolute atomic E-state index is 0.427. The normalized spacial score (nSPS) is 10.5. The first-order valence-corrected chi connectivity index (χ1v) is 7.24. The first kappa shape index (κ1) is 14.5. The fraction of sp³-hybridized carbons (Fsp3) is 0.250. The summed E-state index contributed by atoms with van der Waals surface area (Å²) in [5, 5.41) is 4.12. The van der Waals surface area contributed by atoms with Crippen LogP contribution in [0.4, 0.5) is 5.82 Å². The maximum absolute atomic E-state index is 6.10. The predicted molar refractivity (Wildman–Crippen MR) is 81.8 cm³/mol. The van der Waals surface area contributed by atoms with Crippen LogP contribution in [-0.2, 0) is 0 Å². The molecule has 0 aliphatic carbocycles. The molecule has 0 saturated carbocycles. The smallest absolute Gasteiger partial charge is 0.181 e. The number of nitrogens with one attached hydrogen (secondary N) is 1. The number of hydrogen-bond acceptors (Lipinski definition) is 4. The Balaban J connectivity index is 2.39. The summed E-state index contributed by atoms with van der Waals surface area (Å²) in [5.74, 6) is 1.18. The predicted octanol–water partition coefficient (Wildman–Crippen LogP) is 4.43. The highest BCUT2D eigenvalue weighted by molar-refractivity contribution is 9.10. The molecule has 7 heteroatoms. The third-order valence-corrected chi connectivity index (χ3v) is 3.38. The standard InChI is InChI=1S/C12H11BrCl2N4/c1-2-3-16-11-8(13)6-18-12(19-11)10-9(15)4-7(14)5-17-10/h4-6H,2-3H2,1H3,(H,16,18,19). The largest absolute Gasteiger partial charge is 0.369 e. The molecular weight excluding hydrogens is 351 g/mol. The quantitative estimate of drug-likeness (QED) is 0.875. The Kier molecular flexibility index (Phi) is 4.96. The zero-order valence-corrected chi connectivity index (χ0v) is 13.2. The molecule has 2 aromatic rings. The Bertz CT molecular complexity index is 592. The summed E-state index contributed by atoms with van der Waals surface area (Å²) < 4.78 is 0.801. The summed E-state index contributed by atoms with van der Waals surface area (Å²) in [6, 6.07) is 1.62. The highest BCUT2D eigenvalue weighted by Crippen LogP contribution is 2.28. The molecule has 0 spiro atoms. The van der Waals surface area contributed by atoms with Crippen molar-refractivity contribution in [3.8, 4) is 11.5 Å². The van der Waals surface area contributed by atoms with Gasteiger partial charge in [0.1, 0.15) is 11.5 Å². The summed E-state index contributed by atoms with van der Waals surface area (Å²) in [7, 11) is 0. The van der Waals surface area contributed by atoms with E-state index < -0.39 is 0 Å². The topological polar surface area (TPSA) is 50.7 Å². The first-order valence-electron chi connectivity index (χ1n) is 5.69. The van der Waals surface area contributed by atoms with Crippen LogP contribution in [0.3, 0.4) is 0 Å². The summed E-state index contributed by atoms with van der Waals surface area (Å²) in [4.78, 5) is 12.8. The molecule has 2 rings (SSSR count). The molecule has 100 valence electrons. The van der Waals surface area contributed by atoms with Gasteiger partial charge in [0, 0.05) is 18.9 Å². The van der Waals surface area contributed by atoms with Crippen molar-refractivity contribution in [2.45, 2.75) is 13.3 Å². The number of pyridine rings is 1. The minimum Gasteiger partial charge on any atom is -0.369 e. The highest BCUT2D eigenvalue weighted by Gasteiger charge is 2.11. The summed E-state index contributed by atoms with van der Waals surface area (Å²) in [6.45, 7) is 2.91. The molecule has 1 N–H and O–H groups in total. The fourth-order valence-corrected chi connectivity index (χ4v) is 2.22. The Morgan fingerprint density at radius 3 is 2.74 bits per heavy atom. The van der Waals surface area contributed by atoms with Crippen molar-refractivity contribution >= 4 is 44.9 Å². The minimum atomic E-state index is 0.427. The molecule has 0 radical (unpaired) electrons. The van der Waals surface area contributed by atoms with Crippen molar-refractivity contribution in [3.63, 3.8) is 0 Å². The first-order chi connectivity index (χ1) is 9.11. The van der Waals surface area contributed by atoms with Crippen molar-refractivity contribution in [1.82, 2.24) is 15.0 Å². The number of nitrogens with zero attached hydrogens (tertiary/aromatic N) is 3. The van der Waals surface area contributed by atoms with Crippen LogP contribution < -0.4 is 5.32 Å². The van der Waals surface area contributed by atoms with Gasteiger partial charge in [-0.1, -0.05) is 30.1 Å². The van der Waals surface area contributed by atoms with Gasteiger partial charge in [-0.15, -0.1) is 0 Å². The lowest BCUT2D eigenvalue weighted by Crippen LogP contribution is -2.04. The van der Waals surface area contributed by atoms with Gasteiger partial charge in [-0.3, -0.25) is 0 Å². The number of anilines is 1. The van der Waals surface area contributed by atoms with E-state index in [1.807, 2.05) is 0 Å². The van der Waals surface area contributed by atoms with Crippen LogP contribution in [-0.4, -0.2) is 21.5 Å². The third kappa shape index (κ3) is 3.55. The average molecular weight is 362 g/mol. The van der Waals surface area contributed by atoms with Crippen molar-refractivity contribution in [3.05, 3.63) is 33.0 Å². The van der Waals surface area contributed by atoms with E-state index in [2.05, 4.69) is 43.1 Å². The van der Waals surface area contributed by atoms with E-state index in [-0.39, 0.29) is 0 Å². The monoisotopic (exact) mass is 360 g/mol. The lowest BCUT2D eigenvalue weighted by atomic mass is 10.3. The van der Waals surface area contributed by atoms with Gasteiger partial charge in [0.2, 0.25) is 0 Å². The van der Waals surface area contributed by atoms with E-state index in [1.54, 1.807) is 12.3 Å². The fourth-order valence-electron chi connectivity index (χ4n) is 1.43. The van der Waals surface area contributed by atoms with Crippen molar-refractivity contribution in [1.29, 1.82) is 0 Å². The summed E-state index contributed by atoms with van der Waals surface area (Å²) in [5.41, 5.74) is 0.512. The Morgan fingerprint density at radius 2 is 2.05 bits per heavy atom. The zero-order chi connectivity index (χ0) is 13.8. The van der Waals surface area contributed by atoms with Crippen LogP contribution >= 0.6 is 39.1 Å². The van der Waals surface area contributed by atoms with Crippen molar-refractivity contribution < 1.29 is 0 Å². The third-order valence-electron chi connectivity index (χ3n) is 2.31. The van der Waals surface area contributed by atoms with Gasteiger partial charge in [0.05, 0.1) is 14.5 Å². The van der Waals surface area contributed by atoms with Gasteiger partial charge in [-0.2, -0.15) is 0 Å². The van der Waals surface area contributed by atoms with Crippen LogP contribution in [0.1, 0.15) is 13.3 Å². The average Bonchev–Trinajstić information content (AvgIpc) is 2.38. The van der Waals surface area contributed by atoms with Gasteiger partial charge in [-0.25, -0.2) is 15.0 Å². The number of rotatable bonds is 4. The van der Waals surface area contributed by atoms with Crippen LogP contribution in [0.15, 0.2) is 22.9 Å². The molecule has 0 amide bonds. The number of aromatic nitrogens is 3. The SMILES string of the molecule is CCCNc1nc(-c2ncc(Cl)cc2Cl)ncc1Br. The van der Waals surface area contributed by atoms with Gasteiger partial charge < -0.3 is 5.32 Å². The van der Waals surface area contributed by atoms with E-state index in [4.69, 9.17) is 23.2 Å². The summed E-state index contributed by atoms with van der Waals surface area (Å²) >= 11 is 15.3. The number of halogens is 3. The van der Waals surface area contributed by atoms with Crippen LogP contribution in [0.25, 0.3) is 11.5 Å². The molecule has 2 heterocycles. The number of hydrogen-bond donors (Lipinski definition) is 1. The molecule has 0 atom stereocenters. The second-order valence-corrected chi connectivity index (χ2v) is 5.50. The van der Waals surface area contributed by atoms with Crippen LogP contribution in [0.5, 0.6) is 0 Å². The second kappa shape index (κ2) is 6.50. The lowest BCUT2D eigenvalue weighted by molar-refractivity contribution is 0.962. The van der Waals surface area contributed by atoms with Gasteiger partial charge in [0.15, 0.2) is 5.82 Å². The Labute approximate surface area is 129 Å². The zero-order valence-electron chi connectivity index (χ0n) is 10.1. The molecule has 0 fully saturated rings. The molecule has 0 saturated heterocycles. The van der Waals surface area contributed by atoms with E-state index in [0.29, 0.717) is 21.6 Å². The van der Waals surface area contributed by atoms with E-state index in [1.165, 1.54) is 6.20 Å². The van der Waals surface area contributed by atoms with Gasteiger partial charge in [-0.05, 0) is 28.4 Å². The van der Waals surface area contributed by atoms with E-state index in [9.17, 15) is 0 Å². The van der Waals surface area contributed by atoms with Crippen LogP contribution in [0.2, 0.25) is 10.0 Å². The Hall–Kier alpha value is -0.910. The molecule has 0 aliphatic heterocycles. The molecule has 4 nitrogen and oxygen atoms in total. The maximum atomic E-state index is 6.10. The lowest BCUT2D eigenvalue weighted by Gasteiger charge is -2.08. The second-order valence-electron chi connectivity index (χ2n) is 3.80. The highest BCUT2D eigenvalue weighted by atomic mass is 79.9. The molecule has 0 bridgehead atoms. The molecule has 0 aliphatic rings. The van der Waals surface area contributed by atoms with Gasteiger partial charge >= 0.3 is 0 Å². The molecule has 0 unspecified atom stereocenters. The van der Waals surface area contributed by atoms with Crippen LogP contribution in [0, 0.1) is 0 Å². The van der Waals surface area contributed by atoms with Crippen molar-refractivity contribution in [2.24, 2.45) is 0 Å².